The standard InChI is InChI=1S/C27H38/c1-4-22(3)25-16-14-24(15-17-25)20-21(2)10-11-23-12-18-27(19-13-23)26-8-6-5-7-9-26/h12-19,21-22,26H,4-11,20H2,1-3H3. The summed E-state index contributed by atoms with van der Waals surface area (Å²) < 4.78 is 0. The molecule has 1 fully saturated rings. The Balaban J connectivity index is 1.46. The van der Waals surface area contributed by atoms with E-state index in [-0.39, 0.29) is 0 Å². The molecule has 1 aliphatic carbocycles. The van der Waals surface area contributed by atoms with Gasteiger partial charge in [-0.3, -0.25) is 0 Å². The number of benzene rings is 2. The van der Waals surface area contributed by atoms with Gasteiger partial charge in [-0.25, -0.2) is 0 Å². The van der Waals surface area contributed by atoms with Crippen molar-refractivity contribution < 1.29 is 0 Å². The summed E-state index contributed by atoms with van der Waals surface area (Å²) in [5.41, 5.74) is 6.05. The molecule has 0 aliphatic heterocycles. The fourth-order valence-electron chi connectivity index (χ4n) is 4.53. The van der Waals surface area contributed by atoms with Gasteiger partial charge in [-0.1, -0.05) is 88.6 Å². The molecule has 2 atom stereocenters. The fourth-order valence-corrected chi connectivity index (χ4v) is 4.53. The highest BCUT2D eigenvalue weighted by Gasteiger charge is 2.15. The maximum atomic E-state index is 2.41. The van der Waals surface area contributed by atoms with Gasteiger partial charge in [-0.05, 0) is 78.5 Å². The Kier molecular flexibility index (Phi) is 7.56. The van der Waals surface area contributed by atoms with Crippen LogP contribution in [0.3, 0.4) is 0 Å². The van der Waals surface area contributed by atoms with Crippen molar-refractivity contribution in [2.45, 2.75) is 90.4 Å². The van der Waals surface area contributed by atoms with E-state index in [1.807, 2.05) is 0 Å². The van der Waals surface area contributed by atoms with E-state index in [9.17, 15) is 0 Å². The van der Waals surface area contributed by atoms with Crippen LogP contribution < -0.4 is 0 Å². The maximum absolute atomic E-state index is 2.41. The third-order valence-corrected chi connectivity index (χ3v) is 6.73. The summed E-state index contributed by atoms with van der Waals surface area (Å²) in [5.74, 6) is 2.23. The van der Waals surface area contributed by atoms with Crippen molar-refractivity contribution in [1.82, 2.24) is 0 Å². The van der Waals surface area contributed by atoms with Crippen molar-refractivity contribution in [3.8, 4) is 0 Å². The Bertz CT molecular complexity index is 658. The van der Waals surface area contributed by atoms with Crippen molar-refractivity contribution in [3.63, 3.8) is 0 Å². The summed E-state index contributed by atoms with van der Waals surface area (Å²) >= 11 is 0. The lowest BCUT2D eigenvalue weighted by Gasteiger charge is -2.22. The minimum absolute atomic E-state index is 0.674. The van der Waals surface area contributed by atoms with Gasteiger partial charge in [0.05, 0.1) is 0 Å². The van der Waals surface area contributed by atoms with Gasteiger partial charge in [0.15, 0.2) is 0 Å². The van der Waals surface area contributed by atoms with Crippen LogP contribution >= 0.6 is 0 Å². The molecule has 1 saturated carbocycles. The summed E-state index contributed by atoms with van der Waals surface area (Å²) in [6, 6.07) is 18.9. The van der Waals surface area contributed by atoms with E-state index >= 15 is 0 Å². The molecule has 0 heterocycles. The monoisotopic (exact) mass is 362 g/mol. The Morgan fingerprint density at radius 3 is 2.07 bits per heavy atom. The largest absolute Gasteiger partial charge is 0.0648 e. The lowest BCUT2D eigenvalue weighted by atomic mass is 9.83. The molecule has 2 aromatic carbocycles. The number of aryl methyl sites for hydroxylation is 1. The molecule has 146 valence electrons. The molecular weight excluding hydrogens is 324 g/mol. The minimum atomic E-state index is 0.674. The summed E-state index contributed by atoms with van der Waals surface area (Å²) in [4.78, 5) is 0. The highest BCUT2D eigenvalue weighted by atomic mass is 14.2. The quantitative estimate of drug-likeness (QED) is 0.445. The van der Waals surface area contributed by atoms with Gasteiger partial charge in [0, 0.05) is 0 Å². The average Bonchev–Trinajstić information content (AvgIpc) is 2.73. The topological polar surface area (TPSA) is 0 Å². The second-order valence-corrected chi connectivity index (χ2v) is 8.98. The van der Waals surface area contributed by atoms with Crippen LogP contribution in [0.2, 0.25) is 0 Å². The first kappa shape index (κ1) is 20.2. The molecule has 3 rings (SSSR count). The molecule has 0 spiro atoms. The lowest BCUT2D eigenvalue weighted by Crippen LogP contribution is -2.05. The Morgan fingerprint density at radius 1 is 0.815 bits per heavy atom. The van der Waals surface area contributed by atoms with Crippen molar-refractivity contribution in [2.24, 2.45) is 5.92 Å². The predicted octanol–water partition coefficient (Wildman–Crippen LogP) is 8.06. The summed E-state index contributed by atoms with van der Waals surface area (Å²) in [6.07, 6.45) is 12.0. The third-order valence-electron chi connectivity index (χ3n) is 6.73. The van der Waals surface area contributed by atoms with Crippen molar-refractivity contribution >= 4 is 0 Å². The van der Waals surface area contributed by atoms with Gasteiger partial charge in [0.1, 0.15) is 0 Å². The first-order chi connectivity index (χ1) is 13.2. The van der Waals surface area contributed by atoms with Crippen molar-refractivity contribution in [2.75, 3.05) is 0 Å². The number of hydrogen-bond acceptors (Lipinski definition) is 0. The second kappa shape index (κ2) is 10.1. The van der Waals surface area contributed by atoms with Gasteiger partial charge in [0.25, 0.3) is 0 Å². The molecule has 0 amide bonds. The van der Waals surface area contributed by atoms with Crippen molar-refractivity contribution in [1.29, 1.82) is 0 Å². The molecule has 0 bridgehead atoms. The first-order valence-corrected chi connectivity index (χ1v) is 11.3. The molecule has 2 unspecified atom stereocenters. The molecule has 0 heteroatoms. The minimum Gasteiger partial charge on any atom is -0.0648 e. The summed E-state index contributed by atoms with van der Waals surface area (Å²) in [6.45, 7) is 6.98. The van der Waals surface area contributed by atoms with Gasteiger partial charge >= 0.3 is 0 Å². The summed E-state index contributed by atoms with van der Waals surface area (Å²) in [7, 11) is 0. The van der Waals surface area contributed by atoms with Gasteiger partial charge in [-0.2, -0.15) is 0 Å². The molecule has 2 aromatic rings. The molecule has 0 saturated heterocycles. The van der Waals surface area contributed by atoms with E-state index in [0.717, 1.165) is 11.8 Å². The van der Waals surface area contributed by atoms with Crippen LogP contribution in [0.1, 0.15) is 99.8 Å². The summed E-state index contributed by atoms with van der Waals surface area (Å²) in [5, 5.41) is 0. The fraction of sp³-hybridized carbons (Fsp3) is 0.556. The zero-order valence-corrected chi connectivity index (χ0v) is 17.7. The Labute approximate surface area is 167 Å². The smallest absolute Gasteiger partial charge is 0.0162 e. The van der Waals surface area contributed by atoms with Gasteiger partial charge < -0.3 is 0 Å². The molecular formula is C27H38. The van der Waals surface area contributed by atoms with Crippen LogP contribution in [0.5, 0.6) is 0 Å². The van der Waals surface area contributed by atoms with Crippen LogP contribution in [0.15, 0.2) is 48.5 Å². The molecule has 0 radical (unpaired) electrons. The normalized spacial score (nSPS) is 17.6. The van der Waals surface area contributed by atoms with Crippen LogP contribution in [0.25, 0.3) is 0 Å². The molecule has 1 aliphatic rings. The average molecular weight is 363 g/mol. The van der Waals surface area contributed by atoms with E-state index in [1.54, 1.807) is 5.56 Å². The van der Waals surface area contributed by atoms with Crippen LogP contribution in [0.4, 0.5) is 0 Å². The third kappa shape index (κ3) is 5.96. The van der Waals surface area contributed by atoms with E-state index < -0.39 is 0 Å². The number of hydrogen-bond donors (Lipinski definition) is 0. The van der Waals surface area contributed by atoms with E-state index in [0.29, 0.717) is 5.92 Å². The molecule has 0 aromatic heterocycles. The highest BCUT2D eigenvalue weighted by molar-refractivity contribution is 5.27. The van der Waals surface area contributed by atoms with Crippen LogP contribution in [-0.4, -0.2) is 0 Å². The van der Waals surface area contributed by atoms with E-state index in [2.05, 4.69) is 69.3 Å². The maximum Gasteiger partial charge on any atom is -0.0162 e. The Hall–Kier alpha value is -1.56. The van der Waals surface area contributed by atoms with Gasteiger partial charge in [0.2, 0.25) is 0 Å². The second-order valence-electron chi connectivity index (χ2n) is 8.98. The molecule has 0 N–H and O–H groups in total. The highest BCUT2D eigenvalue weighted by Crippen LogP contribution is 2.32. The van der Waals surface area contributed by atoms with Crippen LogP contribution in [-0.2, 0) is 12.8 Å². The molecule has 0 nitrogen and oxygen atoms in total. The number of rotatable bonds is 8. The van der Waals surface area contributed by atoms with E-state index in [1.165, 1.54) is 74.5 Å². The predicted molar refractivity (Wildman–Crippen MR) is 119 cm³/mol. The van der Waals surface area contributed by atoms with Crippen molar-refractivity contribution in [3.05, 3.63) is 70.8 Å². The van der Waals surface area contributed by atoms with Crippen LogP contribution in [0, 0.1) is 5.92 Å². The zero-order chi connectivity index (χ0) is 19.1. The lowest BCUT2D eigenvalue weighted by molar-refractivity contribution is 0.443. The Morgan fingerprint density at radius 2 is 1.44 bits per heavy atom. The SMILES string of the molecule is CCC(C)c1ccc(CC(C)CCc2ccc(C3CCCCC3)cc2)cc1. The molecule has 27 heavy (non-hydrogen) atoms. The zero-order valence-electron chi connectivity index (χ0n) is 17.7. The van der Waals surface area contributed by atoms with Gasteiger partial charge in [-0.15, -0.1) is 0 Å². The van der Waals surface area contributed by atoms with E-state index in [4.69, 9.17) is 0 Å². The first-order valence-electron chi connectivity index (χ1n) is 11.3.